The Morgan fingerprint density at radius 3 is 2.81 bits per heavy atom. The summed E-state index contributed by atoms with van der Waals surface area (Å²) >= 11 is 0. The van der Waals surface area contributed by atoms with Crippen LogP contribution in [0, 0.1) is 5.92 Å². The van der Waals surface area contributed by atoms with Crippen LogP contribution >= 0.6 is 0 Å². The van der Waals surface area contributed by atoms with Gasteiger partial charge in [0.15, 0.2) is 0 Å². The SMILES string of the molecule is O=C(CCC1CCNCC1)NC1CCOC1. The van der Waals surface area contributed by atoms with Gasteiger partial charge in [0.1, 0.15) is 0 Å². The van der Waals surface area contributed by atoms with E-state index in [4.69, 9.17) is 4.74 Å². The molecule has 2 aliphatic rings. The topological polar surface area (TPSA) is 50.4 Å². The van der Waals surface area contributed by atoms with Crippen molar-refractivity contribution < 1.29 is 9.53 Å². The number of rotatable bonds is 4. The third-order valence-electron chi connectivity index (χ3n) is 3.53. The number of carbonyl (C=O) groups is 1. The van der Waals surface area contributed by atoms with Gasteiger partial charge in [-0.3, -0.25) is 4.79 Å². The number of carbonyl (C=O) groups excluding carboxylic acids is 1. The van der Waals surface area contributed by atoms with Gasteiger partial charge in [-0.25, -0.2) is 0 Å². The molecule has 0 aromatic carbocycles. The zero-order valence-electron chi connectivity index (χ0n) is 9.84. The highest BCUT2D eigenvalue weighted by Crippen LogP contribution is 2.17. The fourth-order valence-corrected chi connectivity index (χ4v) is 2.45. The highest BCUT2D eigenvalue weighted by molar-refractivity contribution is 5.76. The molecule has 2 heterocycles. The van der Waals surface area contributed by atoms with E-state index in [1.54, 1.807) is 0 Å². The van der Waals surface area contributed by atoms with Crippen LogP contribution in [0.5, 0.6) is 0 Å². The lowest BCUT2D eigenvalue weighted by molar-refractivity contribution is -0.122. The molecule has 16 heavy (non-hydrogen) atoms. The summed E-state index contributed by atoms with van der Waals surface area (Å²) in [6.07, 6.45) is 5.14. The predicted molar refractivity (Wildman–Crippen MR) is 62.2 cm³/mol. The van der Waals surface area contributed by atoms with Crippen LogP contribution in [-0.4, -0.2) is 38.3 Å². The van der Waals surface area contributed by atoms with E-state index in [9.17, 15) is 4.79 Å². The van der Waals surface area contributed by atoms with E-state index in [0.717, 1.165) is 38.5 Å². The van der Waals surface area contributed by atoms with Gasteiger partial charge in [-0.1, -0.05) is 0 Å². The molecule has 2 N–H and O–H groups in total. The minimum Gasteiger partial charge on any atom is -0.379 e. The van der Waals surface area contributed by atoms with E-state index < -0.39 is 0 Å². The van der Waals surface area contributed by atoms with Gasteiger partial charge >= 0.3 is 0 Å². The summed E-state index contributed by atoms with van der Waals surface area (Å²) in [5.74, 6) is 0.945. The summed E-state index contributed by atoms with van der Waals surface area (Å²) in [6, 6.07) is 0.264. The van der Waals surface area contributed by atoms with Crippen LogP contribution < -0.4 is 10.6 Å². The first kappa shape index (κ1) is 11.9. The average Bonchev–Trinajstić information content (AvgIpc) is 2.81. The highest BCUT2D eigenvalue weighted by atomic mass is 16.5. The van der Waals surface area contributed by atoms with Crippen molar-refractivity contribution in [1.82, 2.24) is 10.6 Å². The predicted octanol–water partition coefficient (Wildman–Crippen LogP) is 0.671. The lowest BCUT2D eigenvalue weighted by atomic mass is 9.93. The largest absolute Gasteiger partial charge is 0.379 e. The second-order valence-electron chi connectivity index (χ2n) is 4.86. The Labute approximate surface area is 97.1 Å². The van der Waals surface area contributed by atoms with Crippen LogP contribution in [0.4, 0.5) is 0 Å². The van der Waals surface area contributed by atoms with Crippen LogP contribution in [0.2, 0.25) is 0 Å². The van der Waals surface area contributed by atoms with E-state index in [1.807, 2.05) is 0 Å². The maximum atomic E-state index is 11.7. The van der Waals surface area contributed by atoms with Crippen molar-refractivity contribution in [3.05, 3.63) is 0 Å². The molecular weight excluding hydrogens is 204 g/mol. The first-order valence-corrected chi connectivity index (χ1v) is 6.42. The van der Waals surface area contributed by atoms with Gasteiger partial charge in [-0.05, 0) is 44.7 Å². The Bertz CT molecular complexity index is 221. The van der Waals surface area contributed by atoms with Gasteiger partial charge in [-0.15, -0.1) is 0 Å². The van der Waals surface area contributed by atoms with Crippen LogP contribution in [0.3, 0.4) is 0 Å². The minimum atomic E-state index is 0.203. The lowest BCUT2D eigenvalue weighted by Crippen LogP contribution is -2.35. The zero-order chi connectivity index (χ0) is 11.2. The van der Waals surface area contributed by atoms with Crippen LogP contribution in [0.25, 0.3) is 0 Å². The molecule has 2 rings (SSSR count). The molecule has 1 atom stereocenters. The van der Waals surface area contributed by atoms with E-state index >= 15 is 0 Å². The average molecular weight is 226 g/mol. The number of amides is 1. The van der Waals surface area contributed by atoms with Crippen molar-refractivity contribution in [3.63, 3.8) is 0 Å². The first-order chi connectivity index (χ1) is 7.84. The Morgan fingerprint density at radius 1 is 1.31 bits per heavy atom. The van der Waals surface area contributed by atoms with Crippen molar-refractivity contribution in [2.24, 2.45) is 5.92 Å². The monoisotopic (exact) mass is 226 g/mol. The molecule has 0 aromatic heterocycles. The van der Waals surface area contributed by atoms with E-state index in [1.165, 1.54) is 12.8 Å². The molecule has 4 nitrogen and oxygen atoms in total. The smallest absolute Gasteiger partial charge is 0.220 e. The fourth-order valence-electron chi connectivity index (χ4n) is 2.45. The van der Waals surface area contributed by atoms with Crippen LogP contribution in [0.15, 0.2) is 0 Å². The molecule has 1 amide bonds. The van der Waals surface area contributed by atoms with Crippen molar-refractivity contribution in [1.29, 1.82) is 0 Å². The fraction of sp³-hybridized carbons (Fsp3) is 0.917. The third kappa shape index (κ3) is 3.76. The second kappa shape index (κ2) is 6.21. The summed E-state index contributed by atoms with van der Waals surface area (Å²) < 4.78 is 5.23. The van der Waals surface area contributed by atoms with Gasteiger partial charge in [0, 0.05) is 13.0 Å². The first-order valence-electron chi connectivity index (χ1n) is 6.42. The van der Waals surface area contributed by atoms with Crippen LogP contribution in [-0.2, 0) is 9.53 Å². The summed E-state index contributed by atoms with van der Waals surface area (Å²) in [7, 11) is 0. The molecule has 2 saturated heterocycles. The maximum Gasteiger partial charge on any atom is 0.220 e. The molecule has 0 spiro atoms. The zero-order valence-corrected chi connectivity index (χ0v) is 9.84. The van der Waals surface area contributed by atoms with Crippen molar-refractivity contribution in [2.45, 2.75) is 38.1 Å². The van der Waals surface area contributed by atoms with Crippen molar-refractivity contribution in [3.8, 4) is 0 Å². The number of hydrogen-bond donors (Lipinski definition) is 2. The normalized spacial score (nSPS) is 26.9. The lowest BCUT2D eigenvalue weighted by Gasteiger charge is -2.22. The minimum absolute atomic E-state index is 0.203. The molecule has 0 saturated carbocycles. The van der Waals surface area contributed by atoms with Gasteiger partial charge in [0.2, 0.25) is 5.91 Å². The molecule has 0 radical (unpaired) electrons. The quantitative estimate of drug-likeness (QED) is 0.741. The van der Waals surface area contributed by atoms with E-state index in [2.05, 4.69) is 10.6 Å². The maximum absolute atomic E-state index is 11.7. The number of nitrogens with one attached hydrogen (secondary N) is 2. The van der Waals surface area contributed by atoms with Gasteiger partial charge < -0.3 is 15.4 Å². The molecule has 0 aromatic rings. The Morgan fingerprint density at radius 2 is 2.12 bits per heavy atom. The molecule has 0 aliphatic carbocycles. The summed E-state index contributed by atoms with van der Waals surface area (Å²) in [4.78, 5) is 11.7. The number of hydrogen-bond acceptors (Lipinski definition) is 3. The molecule has 92 valence electrons. The highest BCUT2D eigenvalue weighted by Gasteiger charge is 2.19. The Kier molecular flexibility index (Phi) is 4.60. The number of ether oxygens (including phenoxy) is 1. The van der Waals surface area contributed by atoms with Gasteiger partial charge in [0.05, 0.1) is 12.6 Å². The number of piperidine rings is 1. The molecular formula is C12H22N2O2. The molecule has 2 aliphatic heterocycles. The van der Waals surface area contributed by atoms with Gasteiger partial charge in [-0.2, -0.15) is 0 Å². The molecule has 2 fully saturated rings. The summed E-state index contributed by atoms with van der Waals surface area (Å²) in [5, 5.41) is 6.38. The van der Waals surface area contributed by atoms with E-state index in [-0.39, 0.29) is 11.9 Å². The molecule has 1 unspecified atom stereocenters. The Hall–Kier alpha value is -0.610. The Balaban J connectivity index is 1.59. The summed E-state index contributed by atoms with van der Waals surface area (Å²) in [5.41, 5.74) is 0. The second-order valence-corrected chi connectivity index (χ2v) is 4.86. The third-order valence-corrected chi connectivity index (χ3v) is 3.53. The molecule has 4 heteroatoms. The van der Waals surface area contributed by atoms with Gasteiger partial charge in [0.25, 0.3) is 0 Å². The summed E-state index contributed by atoms with van der Waals surface area (Å²) in [6.45, 7) is 3.71. The van der Waals surface area contributed by atoms with E-state index in [0.29, 0.717) is 13.0 Å². The van der Waals surface area contributed by atoms with Crippen molar-refractivity contribution >= 4 is 5.91 Å². The van der Waals surface area contributed by atoms with Crippen LogP contribution in [0.1, 0.15) is 32.1 Å². The standard InChI is InChI=1S/C12H22N2O2/c15-12(14-11-5-8-16-9-11)2-1-10-3-6-13-7-4-10/h10-11,13H,1-9H2,(H,14,15). The molecule has 0 bridgehead atoms. The van der Waals surface area contributed by atoms with Crippen molar-refractivity contribution in [2.75, 3.05) is 26.3 Å².